The molecule has 0 saturated heterocycles. The monoisotopic (exact) mass is 231 g/mol. The van der Waals surface area contributed by atoms with E-state index in [4.69, 9.17) is 4.42 Å². The molecule has 0 spiro atoms. The Kier molecular flexibility index (Phi) is 3.88. The highest BCUT2D eigenvalue weighted by Gasteiger charge is 2.07. The minimum Gasteiger partial charge on any atom is -0.444 e. The highest BCUT2D eigenvalue weighted by molar-refractivity contribution is 5.12. The predicted octanol–water partition coefficient (Wildman–Crippen LogP) is 2.48. The van der Waals surface area contributed by atoms with Crippen molar-refractivity contribution in [3.8, 4) is 0 Å². The van der Waals surface area contributed by atoms with Gasteiger partial charge in [-0.25, -0.2) is 4.98 Å². The van der Waals surface area contributed by atoms with Crippen LogP contribution in [0.25, 0.3) is 0 Å². The van der Waals surface area contributed by atoms with Crippen LogP contribution in [0.2, 0.25) is 0 Å². The zero-order valence-electron chi connectivity index (χ0n) is 10.2. The molecule has 0 fully saturated rings. The molecule has 2 rings (SSSR count). The van der Waals surface area contributed by atoms with Crippen LogP contribution in [0.1, 0.15) is 37.1 Å². The van der Waals surface area contributed by atoms with Crippen molar-refractivity contribution in [3.05, 3.63) is 47.9 Å². The van der Waals surface area contributed by atoms with E-state index in [2.05, 4.69) is 35.2 Å². The van der Waals surface area contributed by atoms with Crippen molar-refractivity contribution in [3.63, 3.8) is 0 Å². The minimum atomic E-state index is 0.237. The van der Waals surface area contributed by atoms with Crippen molar-refractivity contribution >= 4 is 0 Å². The Morgan fingerprint density at radius 3 is 2.94 bits per heavy atom. The number of pyridine rings is 1. The zero-order chi connectivity index (χ0) is 12.1. The lowest BCUT2D eigenvalue weighted by Crippen LogP contribution is -2.18. The van der Waals surface area contributed by atoms with E-state index in [0.717, 1.165) is 23.6 Å². The van der Waals surface area contributed by atoms with Gasteiger partial charge in [-0.15, -0.1) is 0 Å². The number of aromatic nitrogens is 2. The third-order valence-electron chi connectivity index (χ3n) is 2.69. The fourth-order valence-electron chi connectivity index (χ4n) is 1.58. The summed E-state index contributed by atoms with van der Waals surface area (Å²) in [7, 11) is 0. The molecule has 17 heavy (non-hydrogen) atoms. The lowest BCUT2D eigenvalue weighted by molar-refractivity contribution is 0.424. The number of hydrogen-bond donors (Lipinski definition) is 1. The summed E-state index contributed by atoms with van der Waals surface area (Å²) in [5, 5.41) is 3.36. The maximum absolute atomic E-state index is 5.53. The maximum Gasteiger partial charge on any atom is 0.208 e. The van der Waals surface area contributed by atoms with Crippen LogP contribution >= 0.6 is 0 Å². The summed E-state index contributed by atoms with van der Waals surface area (Å²) in [6.45, 7) is 4.78. The molecule has 0 saturated carbocycles. The quantitative estimate of drug-likeness (QED) is 0.859. The van der Waals surface area contributed by atoms with Crippen LogP contribution in [0.15, 0.2) is 35.1 Å². The van der Waals surface area contributed by atoms with Crippen molar-refractivity contribution in [1.82, 2.24) is 15.3 Å². The highest BCUT2D eigenvalue weighted by Crippen LogP contribution is 2.11. The number of hydrogen-bond acceptors (Lipinski definition) is 4. The molecule has 1 unspecified atom stereocenters. The van der Waals surface area contributed by atoms with Gasteiger partial charge in [0.1, 0.15) is 5.76 Å². The minimum absolute atomic E-state index is 0.237. The van der Waals surface area contributed by atoms with Crippen LogP contribution < -0.4 is 5.32 Å². The van der Waals surface area contributed by atoms with Crippen molar-refractivity contribution in [2.24, 2.45) is 0 Å². The number of oxazole rings is 1. The van der Waals surface area contributed by atoms with Gasteiger partial charge in [0.2, 0.25) is 5.89 Å². The summed E-state index contributed by atoms with van der Waals surface area (Å²) in [4.78, 5) is 8.31. The molecule has 4 heteroatoms. The first-order valence-electron chi connectivity index (χ1n) is 5.86. The van der Waals surface area contributed by atoms with Gasteiger partial charge in [0.05, 0.1) is 12.7 Å². The molecule has 1 atom stereocenters. The number of nitrogens with one attached hydrogen (secondary N) is 1. The van der Waals surface area contributed by atoms with Crippen LogP contribution in [0.5, 0.6) is 0 Å². The first-order chi connectivity index (χ1) is 8.29. The molecular formula is C13H17N3O. The Morgan fingerprint density at radius 2 is 2.29 bits per heavy atom. The zero-order valence-corrected chi connectivity index (χ0v) is 10.2. The summed E-state index contributed by atoms with van der Waals surface area (Å²) in [5.74, 6) is 1.66. The fraction of sp³-hybridized carbons (Fsp3) is 0.385. The number of nitrogens with zero attached hydrogens (tertiary/aromatic N) is 2. The third kappa shape index (κ3) is 3.14. The Balaban J connectivity index is 1.90. The number of rotatable bonds is 5. The summed E-state index contributed by atoms with van der Waals surface area (Å²) in [6, 6.07) is 4.23. The van der Waals surface area contributed by atoms with Gasteiger partial charge < -0.3 is 9.73 Å². The number of aryl methyl sites for hydroxylation is 1. The summed E-state index contributed by atoms with van der Waals surface area (Å²) in [6.07, 6.45) is 6.31. The molecule has 0 amide bonds. The molecule has 2 heterocycles. The average molecular weight is 231 g/mol. The largest absolute Gasteiger partial charge is 0.444 e. The molecule has 4 nitrogen and oxygen atoms in total. The smallest absolute Gasteiger partial charge is 0.208 e. The molecular weight excluding hydrogens is 214 g/mol. The second kappa shape index (κ2) is 5.59. The van der Waals surface area contributed by atoms with Gasteiger partial charge in [-0.3, -0.25) is 4.98 Å². The Hall–Kier alpha value is -1.68. The van der Waals surface area contributed by atoms with Gasteiger partial charge in [0.25, 0.3) is 0 Å². The van der Waals surface area contributed by atoms with E-state index in [9.17, 15) is 0 Å². The molecule has 0 radical (unpaired) electrons. The first kappa shape index (κ1) is 11.8. The molecule has 0 aliphatic heterocycles. The molecule has 0 bridgehead atoms. The fourth-order valence-corrected chi connectivity index (χ4v) is 1.58. The van der Waals surface area contributed by atoms with Crippen molar-refractivity contribution < 1.29 is 4.42 Å². The van der Waals surface area contributed by atoms with Crippen LogP contribution in [0.4, 0.5) is 0 Å². The van der Waals surface area contributed by atoms with E-state index in [-0.39, 0.29) is 6.04 Å². The summed E-state index contributed by atoms with van der Waals surface area (Å²) >= 11 is 0. The molecule has 0 aromatic carbocycles. The lowest BCUT2D eigenvalue weighted by atomic mass is 10.1. The van der Waals surface area contributed by atoms with Gasteiger partial charge >= 0.3 is 0 Å². The van der Waals surface area contributed by atoms with E-state index in [1.807, 2.05) is 12.3 Å². The van der Waals surface area contributed by atoms with E-state index < -0.39 is 0 Å². The second-order valence-electron chi connectivity index (χ2n) is 3.96. The lowest BCUT2D eigenvalue weighted by Gasteiger charge is -2.11. The van der Waals surface area contributed by atoms with Crippen LogP contribution in [-0.4, -0.2) is 9.97 Å². The van der Waals surface area contributed by atoms with E-state index in [0.29, 0.717) is 6.54 Å². The SMILES string of the molecule is CCc1cnc(CNC(C)c2cccnc2)o1. The van der Waals surface area contributed by atoms with Gasteiger partial charge in [-0.2, -0.15) is 0 Å². The Bertz CT molecular complexity index is 453. The van der Waals surface area contributed by atoms with Crippen molar-refractivity contribution in [2.45, 2.75) is 32.9 Å². The summed E-state index contributed by atoms with van der Waals surface area (Å²) in [5.41, 5.74) is 1.16. The van der Waals surface area contributed by atoms with E-state index in [1.165, 1.54) is 0 Å². The second-order valence-corrected chi connectivity index (χ2v) is 3.96. The van der Waals surface area contributed by atoms with Gasteiger partial charge in [-0.1, -0.05) is 13.0 Å². The van der Waals surface area contributed by atoms with Gasteiger partial charge in [0.15, 0.2) is 0 Å². The Morgan fingerprint density at radius 1 is 1.41 bits per heavy atom. The van der Waals surface area contributed by atoms with Crippen LogP contribution in [0.3, 0.4) is 0 Å². The van der Waals surface area contributed by atoms with Crippen LogP contribution in [0, 0.1) is 0 Å². The topological polar surface area (TPSA) is 51.0 Å². The van der Waals surface area contributed by atoms with Crippen molar-refractivity contribution in [2.75, 3.05) is 0 Å². The van der Waals surface area contributed by atoms with E-state index in [1.54, 1.807) is 12.4 Å². The molecule has 90 valence electrons. The first-order valence-corrected chi connectivity index (χ1v) is 5.86. The summed E-state index contributed by atoms with van der Waals surface area (Å²) < 4.78 is 5.53. The molecule has 0 aliphatic rings. The average Bonchev–Trinajstić information content (AvgIpc) is 2.85. The Labute approximate surface area is 101 Å². The maximum atomic E-state index is 5.53. The molecule has 2 aromatic heterocycles. The molecule has 0 aliphatic carbocycles. The standard InChI is InChI=1S/C13H17N3O/c1-3-12-8-16-13(17-12)9-15-10(2)11-5-4-6-14-7-11/h4-8,10,15H,3,9H2,1-2H3. The highest BCUT2D eigenvalue weighted by atomic mass is 16.4. The predicted molar refractivity (Wildman–Crippen MR) is 65.4 cm³/mol. The van der Waals surface area contributed by atoms with Crippen LogP contribution in [-0.2, 0) is 13.0 Å². The van der Waals surface area contributed by atoms with Crippen molar-refractivity contribution in [1.29, 1.82) is 0 Å². The van der Waals surface area contributed by atoms with Gasteiger partial charge in [0, 0.05) is 24.9 Å². The normalized spacial score (nSPS) is 12.6. The van der Waals surface area contributed by atoms with Gasteiger partial charge in [-0.05, 0) is 18.6 Å². The van der Waals surface area contributed by atoms with E-state index >= 15 is 0 Å². The molecule has 2 aromatic rings. The molecule has 1 N–H and O–H groups in total. The third-order valence-corrected chi connectivity index (χ3v) is 2.69.